The average molecular weight is 417 g/mol. The highest BCUT2D eigenvalue weighted by Gasteiger charge is 2.23. The van der Waals surface area contributed by atoms with Gasteiger partial charge in [-0.3, -0.25) is 29.1 Å². The van der Waals surface area contributed by atoms with Gasteiger partial charge in [-0.2, -0.15) is 0 Å². The number of carbonyl (C=O) groups excluding carboxylic acids is 3. The summed E-state index contributed by atoms with van der Waals surface area (Å²) in [5.74, 6) is -1.38. The number of nitro groups is 1. The number of aromatic nitrogens is 1. The number of nitrogens with zero attached hydrogens (tertiary/aromatic N) is 2. The van der Waals surface area contributed by atoms with Crippen molar-refractivity contribution in [2.24, 2.45) is 0 Å². The van der Waals surface area contributed by atoms with E-state index in [0.29, 0.717) is 16.1 Å². The van der Waals surface area contributed by atoms with Crippen molar-refractivity contribution in [1.82, 2.24) is 4.57 Å². The van der Waals surface area contributed by atoms with Crippen LogP contribution in [0.1, 0.15) is 27.6 Å². The van der Waals surface area contributed by atoms with Crippen molar-refractivity contribution in [2.75, 3.05) is 19.2 Å². The Bertz CT molecular complexity index is 1140. The van der Waals surface area contributed by atoms with Crippen molar-refractivity contribution >= 4 is 29.0 Å². The quantitative estimate of drug-likeness (QED) is 0.315. The normalized spacial score (nSPS) is 11.7. The Morgan fingerprint density at radius 1 is 1.23 bits per heavy atom. The number of hydrogen-bond donors (Lipinski definition) is 1. The Labute approximate surface area is 168 Å². The standard InChI is InChI=1S/C18H15N3O9/c1-9(22)11-4-14-15(30-8-29-14)5-12(11)19-16(23)7-20-6-10(18(25)28-2)3-13(17(20)24)21(26)27/h3-6H,7-8H2,1-2H3,(H,19,23). The number of benzene rings is 1. The number of carbonyl (C=O) groups is 3. The van der Waals surface area contributed by atoms with Crippen LogP contribution in [0.15, 0.2) is 29.2 Å². The number of methoxy groups -OCH3 is 1. The molecular formula is C18H15N3O9. The number of esters is 1. The first-order valence-electron chi connectivity index (χ1n) is 8.43. The maximum Gasteiger partial charge on any atom is 0.339 e. The fourth-order valence-corrected chi connectivity index (χ4v) is 2.78. The van der Waals surface area contributed by atoms with Gasteiger partial charge in [0.1, 0.15) is 6.54 Å². The molecular weight excluding hydrogens is 402 g/mol. The summed E-state index contributed by atoms with van der Waals surface area (Å²) >= 11 is 0. The summed E-state index contributed by atoms with van der Waals surface area (Å²) in [5, 5.41) is 13.6. The van der Waals surface area contributed by atoms with Crippen LogP contribution in [0.3, 0.4) is 0 Å². The second kappa shape index (κ2) is 8.03. The van der Waals surface area contributed by atoms with Crippen molar-refractivity contribution in [3.8, 4) is 11.5 Å². The molecule has 1 aliphatic rings. The Morgan fingerprint density at radius 3 is 2.50 bits per heavy atom. The molecule has 1 aromatic heterocycles. The summed E-state index contributed by atoms with van der Waals surface area (Å²) in [5.41, 5.74) is -1.99. The highest BCUT2D eigenvalue weighted by molar-refractivity contribution is 6.04. The average Bonchev–Trinajstić information content (AvgIpc) is 3.15. The van der Waals surface area contributed by atoms with Crippen molar-refractivity contribution < 1.29 is 33.5 Å². The van der Waals surface area contributed by atoms with Gasteiger partial charge in [-0.1, -0.05) is 0 Å². The van der Waals surface area contributed by atoms with Gasteiger partial charge >= 0.3 is 17.2 Å². The minimum absolute atomic E-state index is 0.0382. The second-order valence-electron chi connectivity index (χ2n) is 6.15. The lowest BCUT2D eigenvalue weighted by atomic mass is 10.1. The van der Waals surface area contributed by atoms with Gasteiger partial charge < -0.3 is 19.5 Å². The SMILES string of the molecule is COC(=O)c1cc([N+](=O)[O-])c(=O)n(CC(=O)Nc2cc3c(cc2C(C)=O)OCO3)c1. The molecule has 0 aliphatic carbocycles. The van der Waals surface area contributed by atoms with Crippen LogP contribution in [0, 0.1) is 10.1 Å². The molecule has 1 amide bonds. The zero-order valence-electron chi connectivity index (χ0n) is 15.8. The van der Waals surface area contributed by atoms with Crippen molar-refractivity contribution in [3.63, 3.8) is 0 Å². The van der Waals surface area contributed by atoms with Gasteiger partial charge in [-0.25, -0.2) is 4.79 Å². The third-order valence-corrected chi connectivity index (χ3v) is 4.16. The maximum absolute atomic E-state index is 12.5. The number of hydrogen-bond acceptors (Lipinski definition) is 9. The molecule has 3 rings (SSSR count). The molecule has 1 N–H and O–H groups in total. The van der Waals surface area contributed by atoms with Gasteiger partial charge in [0, 0.05) is 23.9 Å². The van der Waals surface area contributed by atoms with E-state index in [0.717, 1.165) is 19.4 Å². The number of nitrogens with one attached hydrogen (secondary N) is 1. The molecule has 0 fully saturated rings. The van der Waals surface area contributed by atoms with Crippen LogP contribution in [0.2, 0.25) is 0 Å². The first kappa shape index (κ1) is 20.5. The van der Waals surface area contributed by atoms with E-state index in [2.05, 4.69) is 10.1 Å². The van der Waals surface area contributed by atoms with E-state index in [-0.39, 0.29) is 29.4 Å². The molecule has 2 heterocycles. The van der Waals surface area contributed by atoms with Crippen LogP contribution in [0.4, 0.5) is 11.4 Å². The minimum atomic E-state index is -1.08. The highest BCUT2D eigenvalue weighted by Crippen LogP contribution is 2.37. The fourth-order valence-electron chi connectivity index (χ4n) is 2.78. The molecule has 1 aliphatic heterocycles. The maximum atomic E-state index is 12.5. The smallest absolute Gasteiger partial charge is 0.339 e. The first-order chi connectivity index (χ1) is 14.2. The van der Waals surface area contributed by atoms with Gasteiger partial charge in [0.2, 0.25) is 12.7 Å². The van der Waals surface area contributed by atoms with Crippen molar-refractivity contribution in [3.05, 3.63) is 56.0 Å². The largest absolute Gasteiger partial charge is 0.465 e. The topological polar surface area (TPSA) is 156 Å². The Kier molecular flexibility index (Phi) is 5.49. The first-order valence-corrected chi connectivity index (χ1v) is 8.43. The fraction of sp³-hybridized carbons (Fsp3) is 0.222. The third kappa shape index (κ3) is 3.97. The van der Waals surface area contributed by atoms with Crippen LogP contribution in [0.25, 0.3) is 0 Å². The summed E-state index contributed by atoms with van der Waals surface area (Å²) in [6.07, 6.45) is 0.978. The second-order valence-corrected chi connectivity index (χ2v) is 6.15. The minimum Gasteiger partial charge on any atom is -0.465 e. The van der Waals surface area contributed by atoms with Crippen LogP contribution >= 0.6 is 0 Å². The number of amides is 1. The number of ketones is 1. The summed E-state index contributed by atoms with van der Waals surface area (Å²) in [6.45, 7) is 0.598. The molecule has 0 saturated heterocycles. The predicted octanol–water partition coefficient (Wildman–Crippen LogP) is 1.11. The number of fused-ring (bicyclic) bond motifs is 1. The zero-order chi connectivity index (χ0) is 22.0. The van der Waals surface area contributed by atoms with E-state index in [4.69, 9.17) is 9.47 Å². The number of Topliss-reactive ketones (excluding diaryl/α,β-unsaturated/α-hetero) is 1. The van der Waals surface area contributed by atoms with Gasteiger partial charge in [0.15, 0.2) is 17.3 Å². The highest BCUT2D eigenvalue weighted by atomic mass is 16.7. The third-order valence-electron chi connectivity index (χ3n) is 4.16. The predicted molar refractivity (Wildman–Crippen MR) is 99.9 cm³/mol. The lowest BCUT2D eigenvalue weighted by Gasteiger charge is -2.12. The molecule has 2 aromatic rings. The summed E-state index contributed by atoms with van der Waals surface area (Å²) < 4.78 is 15.6. The molecule has 156 valence electrons. The van der Waals surface area contributed by atoms with Gasteiger partial charge in [0.25, 0.3) is 0 Å². The van der Waals surface area contributed by atoms with Gasteiger partial charge in [0.05, 0.1) is 23.3 Å². The monoisotopic (exact) mass is 417 g/mol. The summed E-state index contributed by atoms with van der Waals surface area (Å²) in [6, 6.07) is 3.58. The number of pyridine rings is 1. The van der Waals surface area contributed by atoms with E-state index in [9.17, 15) is 29.3 Å². The number of ether oxygens (including phenoxy) is 3. The van der Waals surface area contributed by atoms with Crippen LogP contribution in [-0.4, -0.2) is 41.1 Å². The lowest BCUT2D eigenvalue weighted by Crippen LogP contribution is -2.30. The van der Waals surface area contributed by atoms with Crippen LogP contribution in [0.5, 0.6) is 11.5 Å². The van der Waals surface area contributed by atoms with E-state index >= 15 is 0 Å². The zero-order valence-corrected chi connectivity index (χ0v) is 15.8. The van der Waals surface area contributed by atoms with Crippen LogP contribution < -0.4 is 20.3 Å². The van der Waals surface area contributed by atoms with Gasteiger partial charge in [-0.05, 0) is 13.0 Å². The molecule has 0 radical (unpaired) electrons. The van der Waals surface area contributed by atoms with Crippen LogP contribution in [-0.2, 0) is 16.1 Å². The lowest BCUT2D eigenvalue weighted by molar-refractivity contribution is -0.386. The van der Waals surface area contributed by atoms with Gasteiger partial charge in [-0.15, -0.1) is 0 Å². The number of rotatable bonds is 6. The molecule has 12 nitrogen and oxygen atoms in total. The number of anilines is 1. The van der Waals surface area contributed by atoms with E-state index in [1.807, 2.05) is 0 Å². The van der Waals surface area contributed by atoms with Crippen molar-refractivity contribution in [2.45, 2.75) is 13.5 Å². The Morgan fingerprint density at radius 2 is 1.90 bits per heavy atom. The molecule has 0 spiro atoms. The Balaban J connectivity index is 1.93. The molecule has 0 bridgehead atoms. The molecule has 0 unspecified atom stereocenters. The molecule has 30 heavy (non-hydrogen) atoms. The van der Waals surface area contributed by atoms with Crippen molar-refractivity contribution in [1.29, 1.82) is 0 Å². The van der Waals surface area contributed by atoms with E-state index in [1.54, 1.807) is 0 Å². The molecule has 0 saturated carbocycles. The van der Waals surface area contributed by atoms with E-state index in [1.165, 1.54) is 19.1 Å². The molecule has 1 aromatic carbocycles. The summed E-state index contributed by atoms with van der Waals surface area (Å²) in [7, 11) is 1.07. The molecule has 0 atom stereocenters. The Hall–Kier alpha value is -4.22. The molecule has 12 heteroatoms. The van der Waals surface area contributed by atoms with E-state index < -0.39 is 34.6 Å². The summed E-state index contributed by atoms with van der Waals surface area (Å²) in [4.78, 5) is 58.6.